The molecule has 0 bridgehead atoms. The van der Waals surface area contributed by atoms with Gasteiger partial charge in [0.15, 0.2) is 5.13 Å². The van der Waals surface area contributed by atoms with Gasteiger partial charge in [0.1, 0.15) is 17.8 Å². The molecule has 6 nitrogen and oxygen atoms in total. The molecule has 146 valence electrons. The number of carbonyl (C=O) groups excluding carboxylic acids is 2. The van der Waals surface area contributed by atoms with Crippen LogP contribution >= 0.6 is 11.3 Å². The van der Waals surface area contributed by atoms with Crippen LogP contribution in [-0.2, 0) is 16.0 Å². The van der Waals surface area contributed by atoms with Crippen LogP contribution < -0.4 is 5.32 Å². The Bertz CT molecular complexity index is 672. The predicted octanol–water partition coefficient (Wildman–Crippen LogP) is 3.53. The number of carbonyl (C=O) groups is 2. The zero-order valence-corrected chi connectivity index (χ0v) is 15.2. The summed E-state index contributed by atoms with van der Waals surface area (Å²) in [6, 6.07) is -1.12. The average molecular weight is 397 g/mol. The molecule has 0 unspecified atom stereocenters. The van der Waals surface area contributed by atoms with Gasteiger partial charge in [0.2, 0.25) is 5.91 Å². The third kappa shape index (κ3) is 5.82. The van der Waals surface area contributed by atoms with Gasteiger partial charge < -0.3 is 10.1 Å². The first-order chi connectivity index (χ1) is 11.8. The highest BCUT2D eigenvalue weighted by atomic mass is 32.1. The predicted molar refractivity (Wildman–Crippen MR) is 86.7 cm³/mol. The Balaban J connectivity index is 2.04. The number of anilines is 1. The molecule has 1 fully saturated rings. The number of hydrogen-bond donors (Lipinski definition) is 1. The van der Waals surface area contributed by atoms with E-state index in [9.17, 15) is 27.2 Å². The van der Waals surface area contributed by atoms with Gasteiger partial charge >= 0.3 is 12.3 Å². The molecule has 1 aliphatic rings. The number of ether oxygens (including phenoxy) is 1. The van der Waals surface area contributed by atoms with Crippen molar-refractivity contribution in [1.29, 1.82) is 0 Å². The molecule has 0 radical (unpaired) electrons. The molecule has 0 aromatic carbocycles. The fourth-order valence-corrected chi connectivity index (χ4v) is 3.11. The van der Waals surface area contributed by atoms with Gasteiger partial charge in [-0.1, -0.05) is 0 Å². The maximum Gasteiger partial charge on any atom is 0.411 e. The number of alkyl halides is 4. The monoisotopic (exact) mass is 397 g/mol. The summed E-state index contributed by atoms with van der Waals surface area (Å²) in [5.74, 6) is -0.719. The number of amides is 2. The molecule has 2 rings (SSSR count). The molecule has 1 N–H and O–H groups in total. The van der Waals surface area contributed by atoms with E-state index in [1.54, 1.807) is 20.8 Å². The fourth-order valence-electron chi connectivity index (χ4n) is 2.40. The third-order valence-electron chi connectivity index (χ3n) is 3.34. The summed E-state index contributed by atoms with van der Waals surface area (Å²) in [7, 11) is 0. The summed E-state index contributed by atoms with van der Waals surface area (Å²) in [6.45, 7) is 4.63. The largest absolute Gasteiger partial charge is 0.444 e. The molecule has 1 saturated heterocycles. The Hall–Kier alpha value is -1.91. The molecule has 1 aromatic heterocycles. The van der Waals surface area contributed by atoms with Gasteiger partial charge in [-0.3, -0.25) is 9.69 Å². The number of nitrogens with one attached hydrogen (secondary N) is 1. The van der Waals surface area contributed by atoms with E-state index in [-0.39, 0.29) is 23.8 Å². The second-order valence-corrected chi connectivity index (χ2v) is 7.76. The summed E-state index contributed by atoms with van der Waals surface area (Å²) < 4.78 is 56.0. The molecule has 0 spiro atoms. The highest BCUT2D eigenvalue weighted by Gasteiger charge is 2.42. The van der Waals surface area contributed by atoms with Gasteiger partial charge in [0.05, 0.1) is 18.7 Å². The summed E-state index contributed by atoms with van der Waals surface area (Å²) >= 11 is 0.826. The van der Waals surface area contributed by atoms with E-state index in [1.807, 2.05) is 0 Å². The molecule has 2 atom stereocenters. The smallest absolute Gasteiger partial charge is 0.411 e. The minimum Gasteiger partial charge on any atom is -0.444 e. The number of halogens is 4. The molecule has 26 heavy (non-hydrogen) atoms. The Morgan fingerprint density at radius 3 is 2.62 bits per heavy atom. The summed E-state index contributed by atoms with van der Waals surface area (Å²) in [5, 5.41) is 3.48. The van der Waals surface area contributed by atoms with Crippen LogP contribution in [-0.4, -0.2) is 52.4 Å². The van der Waals surface area contributed by atoms with E-state index >= 15 is 0 Å². The Kier molecular flexibility index (Phi) is 5.79. The van der Waals surface area contributed by atoms with E-state index in [0.29, 0.717) is 0 Å². The summed E-state index contributed by atoms with van der Waals surface area (Å²) in [5.41, 5.74) is -1.04. The SMILES string of the molecule is CC(C)(C)OC(=O)N1C[C@H](F)C[C@H]1C(=O)Nc1nc(CC(F)(F)F)cs1. The molecule has 0 aliphatic carbocycles. The molecule has 1 aromatic rings. The van der Waals surface area contributed by atoms with Gasteiger partial charge in [-0.25, -0.2) is 14.2 Å². The zero-order valence-electron chi connectivity index (χ0n) is 14.4. The van der Waals surface area contributed by atoms with Crippen molar-refractivity contribution in [2.45, 2.75) is 57.6 Å². The lowest BCUT2D eigenvalue weighted by Gasteiger charge is -2.27. The third-order valence-corrected chi connectivity index (χ3v) is 4.15. The second-order valence-electron chi connectivity index (χ2n) is 6.91. The van der Waals surface area contributed by atoms with Crippen molar-refractivity contribution in [2.75, 3.05) is 11.9 Å². The van der Waals surface area contributed by atoms with E-state index < -0.39 is 42.4 Å². The standard InChI is InChI=1S/C15H19F4N3O3S/c1-14(2,3)25-13(24)22-6-8(16)4-10(22)11(23)21-12-20-9(7-26-12)5-15(17,18)19/h7-8,10H,4-6H2,1-3H3,(H,20,21,23)/t8-,10+/m1/s1. The van der Waals surface area contributed by atoms with Crippen molar-refractivity contribution in [3.05, 3.63) is 11.1 Å². The summed E-state index contributed by atoms with van der Waals surface area (Å²) in [4.78, 5) is 29.2. The number of thiazole rings is 1. The van der Waals surface area contributed by atoms with Crippen molar-refractivity contribution in [3.8, 4) is 0 Å². The number of rotatable bonds is 3. The lowest BCUT2D eigenvalue weighted by atomic mass is 10.2. The number of aromatic nitrogens is 1. The van der Waals surface area contributed by atoms with Crippen LogP contribution in [0.3, 0.4) is 0 Å². The Morgan fingerprint density at radius 2 is 2.04 bits per heavy atom. The maximum atomic E-state index is 13.7. The molecule has 1 aliphatic heterocycles. The normalized spacial score (nSPS) is 21.0. The molecule has 11 heteroatoms. The van der Waals surface area contributed by atoms with Crippen LogP contribution in [0.25, 0.3) is 0 Å². The van der Waals surface area contributed by atoms with Gasteiger partial charge in [-0.2, -0.15) is 13.2 Å². The molecule has 0 saturated carbocycles. The van der Waals surface area contributed by atoms with E-state index in [1.165, 1.54) is 5.38 Å². The fraction of sp³-hybridized carbons (Fsp3) is 0.667. The van der Waals surface area contributed by atoms with Gasteiger partial charge in [0.25, 0.3) is 0 Å². The number of hydrogen-bond acceptors (Lipinski definition) is 5. The topological polar surface area (TPSA) is 71.5 Å². The van der Waals surface area contributed by atoms with Crippen molar-refractivity contribution >= 4 is 28.5 Å². The van der Waals surface area contributed by atoms with Crippen LogP contribution in [0.5, 0.6) is 0 Å². The Morgan fingerprint density at radius 1 is 1.38 bits per heavy atom. The summed E-state index contributed by atoms with van der Waals surface area (Å²) in [6.07, 6.45) is -8.05. The molecular formula is C15H19F4N3O3S. The first-order valence-electron chi connectivity index (χ1n) is 7.80. The average Bonchev–Trinajstić information content (AvgIpc) is 3.01. The highest BCUT2D eigenvalue weighted by Crippen LogP contribution is 2.27. The van der Waals surface area contributed by atoms with Gasteiger partial charge in [0, 0.05) is 11.8 Å². The van der Waals surface area contributed by atoms with E-state index in [2.05, 4.69) is 10.3 Å². The first kappa shape index (κ1) is 20.4. The van der Waals surface area contributed by atoms with Gasteiger partial charge in [-0.05, 0) is 20.8 Å². The van der Waals surface area contributed by atoms with Crippen molar-refractivity contribution in [2.24, 2.45) is 0 Å². The lowest BCUT2D eigenvalue weighted by Crippen LogP contribution is -2.45. The van der Waals surface area contributed by atoms with Crippen molar-refractivity contribution in [3.63, 3.8) is 0 Å². The second kappa shape index (κ2) is 7.37. The molecule has 2 heterocycles. The molecule has 2 amide bonds. The van der Waals surface area contributed by atoms with Gasteiger partial charge in [-0.15, -0.1) is 11.3 Å². The Labute approximate surface area is 151 Å². The minimum absolute atomic E-state index is 0.0410. The van der Waals surface area contributed by atoms with Crippen LogP contribution in [0.1, 0.15) is 32.9 Å². The highest BCUT2D eigenvalue weighted by molar-refractivity contribution is 7.13. The van der Waals surface area contributed by atoms with Crippen LogP contribution in [0, 0.1) is 0 Å². The molecular weight excluding hydrogens is 378 g/mol. The zero-order chi connectivity index (χ0) is 19.7. The van der Waals surface area contributed by atoms with Crippen molar-refractivity contribution < 1.29 is 31.9 Å². The van der Waals surface area contributed by atoms with Crippen LogP contribution in [0.2, 0.25) is 0 Å². The van der Waals surface area contributed by atoms with Crippen molar-refractivity contribution in [1.82, 2.24) is 9.88 Å². The maximum absolute atomic E-state index is 13.7. The first-order valence-corrected chi connectivity index (χ1v) is 8.68. The van der Waals surface area contributed by atoms with E-state index in [4.69, 9.17) is 4.74 Å². The van der Waals surface area contributed by atoms with E-state index in [0.717, 1.165) is 16.2 Å². The number of likely N-dealkylation sites (tertiary alicyclic amines) is 1. The minimum atomic E-state index is -4.41. The van der Waals surface area contributed by atoms with Crippen LogP contribution in [0.4, 0.5) is 27.5 Å². The lowest BCUT2D eigenvalue weighted by molar-refractivity contribution is -0.127. The van der Waals surface area contributed by atoms with Crippen LogP contribution in [0.15, 0.2) is 5.38 Å². The quantitative estimate of drug-likeness (QED) is 0.792. The number of nitrogens with zero attached hydrogens (tertiary/aromatic N) is 2.